The Kier molecular flexibility index (Phi) is 71.2. The van der Waals surface area contributed by atoms with Crippen molar-refractivity contribution in [3.63, 3.8) is 0 Å². The minimum absolute atomic E-state index is 0. The fourth-order valence-electron chi connectivity index (χ4n) is 24.7. The lowest BCUT2D eigenvalue weighted by molar-refractivity contribution is -0.128. The monoisotopic (exact) mass is 2120 g/mol. The molecule has 4 aromatic rings. The predicted molar refractivity (Wildman–Crippen MR) is 642 cm³/mol. The molecule has 4 rings (SSSR count). The Morgan fingerprint density at radius 2 is 0.401 bits per heavy atom. The fourth-order valence-corrected chi connectivity index (χ4v) is 46.7. The van der Waals surface area contributed by atoms with Gasteiger partial charge in [0, 0.05) is 58.0 Å². The summed E-state index contributed by atoms with van der Waals surface area (Å²) in [4.78, 5) is 52.9. The maximum absolute atomic E-state index is 13.6. The van der Waals surface area contributed by atoms with Gasteiger partial charge in [0.15, 0.2) is 33.3 Å². The van der Waals surface area contributed by atoms with Gasteiger partial charge < -0.3 is 53.0 Å². The van der Waals surface area contributed by atoms with E-state index in [1.807, 2.05) is 86.6 Å². The first-order chi connectivity index (χ1) is 69.3. The summed E-state index contributed by atoms with van der Waals surface area (Å²) in [7, 11) is -6.98. The van der Waals surface area contributed by atoms with Crippen molar-refractivity contribution in [3.05, 3.63) is 119 Å². The van der Waals surface area contributed by atoms with E-state index in [0.29, 0.717) is 111 Å². The maximum Gasteiger partial charge on any atom is 0.221 e. The number of unbranched alkanes of at least 4 members (excludes halogenated alkanes) is 32. The second-order valence-electron chi connectivity index (χ2n) is 48.9. The molecule has 0 aliphatic rings. The average Bonchev–Trinajstić information content (AvgIpc) is 0.789. The summed E-state index contributed by atoms with van der Waals surface area (Å²) in [6.45, 7) is 77.8. The fraction of sp³-hybridized carbons (Fsp3) is 0.781. The lowest BCUT2D eigenvalue weighted by Gasteiger charge is -2.42. The van der Waals surface area contributed by atoms with E-state index in [-0.39, 0.29) is 62.4 Å². The number of benzene rings is 4. The molecule has 0 aromatic heterocycles. The van der Waals surface area contributed by atoms with Gasteiger partial charge in [0.2, 0.25) is 11.8 Å². The first-order valence-electron chi connectivity index (χ1n) is 60.2. The van der Waals surface area contributed by atoms with Gasteiger partial charge >= 0.3 is 0 Å². The first kappa shape index (κ1) is 138. The molecule has 0 bridgehead atoms. The summed E-state index contributed by atoms with van der Waals surface area (Å²) in [5.41, 5.74) is 16.1. The van der Waals surface area contributed by atoms with E-state index in [2.05, 4.69) is 236 Å². The molecule has 19 heteroatoms. The zero-order valence-electron chi connectivity index (χ0n) is 100. The Morgan fingerprint density at radius 3 is 0.571 bits per heavy atom. The molecule has 0 fully saturated rings. The Hall–Kier alpha value is -4.97. The highest BCUT2D eigenvalue weighted by atomic mass is 28.4. The van der Waals surface area contributed by atoms with Gasteiger partial charge in [-0.25, -0.2) is 0 Å². The van der Waals surface area contributed by atoms with Gasteiger partial charge in [0.25, 0.3) is 0 Å². The molecule has 0 aliphatic carbocycles. The van der Waals surface area contributed by atoms with E-state index in [9.17, 15) is 19.2 Å². The summed E-state index contributed by atoms with van der Waals surface area (Å²) in [6.07, 6.45) is 46.5. The summed E-state index contributed by atoms with van der Waals surface area (Å²) in [6, 6.07) is 32.0. The molecule has 0 saturated carbocycles. The van der Waals surface area contributed by atoms with Crippen molar-refractivity contribution < 1.29 is 55.8 Å². The van der Waals surface area contributed by atoms with E-state index in [1.165, 1.54) is 205 Å². The average molecular weight is 2120 g/mol. The van der Waals surface area contributed by atoms with Crippen LogP contribution in [0.5, 0.6) is 23.0 Å². The lowest BCUT2D eigenvalue weighted by atomic mass is 9.84. The molecule has 4 aromatic carbocycles. The molecule has 15 nitrogen and oxygen atoms in total. The van der Waals surface area contributed by atoms with Crippen molar-refractivity contribution in [2.75, 3.05) is 52.9 Å². The van der Waals surface area contributed by atoms with E-state index in [0.717, 1.165) is 104 Å². The Labute approximate surface area is 911 Å². The number of carbonyl (C=O) groups excluding carboxylic acids is 4. The number of hydrogen-bond donors (Lipinski definition) is 3. The minimum atomic E-state index is -1.75. The molecule has 147 heavy (non-hydrogen) atoms. The smallest absolute Gasteiger partial charge is 0.221 e. The van der Waals surface area contributed by atoms with Crippen molar-refractivity contribution in [3.8, 4) is 23.0 Å². The third kappa shape index (κ3) is 49.3. The van der Waals surface area contributed by atoms with Crippen molar-refractivity contribution in [2.45, 2.75) is 575 Å². The highest BCUT2D eigenvalue weighted by Gasteiger charge is 2.49. The standard InChI is InChI=1S/C64H115NO6Si2.C63H114N2O6Si2.CH4/c1-50(2)49-57(15)62(66)43-44-63(67)65-64(16,58-35-39-60(40-36-58)68-45-31-27-23-19-17-21-25-29-33-47-70-72(51(3)4,52(5)6)53(7)8)59-37-41-61(42-38-59)69-46-32-28-24-20-18-22-26-30-34-48-71-73(54(9)10,55(11)12)56(13)14;1-49(2)48-60(64)61(66)42-43-62(67)65-63(15,56-34-38-58(39-35-56)68-44-30-26-22-18-16-20-24-28-32-46-70-72(50(3)4,51(5)6)52(7)8)57-36-40-59(41-37-57)69-45-31-27-23-19-17-21-25-29-33-47-71-73(53(9)10,54(11)12)55(13)14;/h35-42,50-57H,17-34,43-49H2,1-16H3,(H,65,67);34-41,49-55,60H,16-33,42-48,64H2,1-15H3,(H,65,67);1H4/t57-;60-;/m00./s1. The summed E-state index contributed by atoms with van der Waals surface area (Å²) in [5, 5.41) is 6.63. The number of hydrogen-bond acceptors (Lipinski definition) is 13. The second kappa shape index (κ2) is 75.8. The topological polar surface area (TPSA) is 192 Å². The number of rotatable bonds is 86. The number of Topliss-reactive ketones (excluding diaryl/α,β-unsaturated/α-hetero) is 2. The van der Waals surface area contributed by atoms with E-state index in [4.69, 9.17) is 42.4 Å². The van der Waals surface area contributed by atoms with Crippen LogP contribution in [0.25, 0.3) is 0 Å². The molecule has 0 radical (unpaired) electrons. The predicted octanol–water partition coefficient (Wildman–Crippen LogP) is 37.9. The van der Waals surface area contributed by atoms with Crippen LogP contribution < -0.4 is 35.3 Å². The quantitative estimate of drug-likeness (QED) is 0.0280. The molecule has 0 spiro atoms. The van der Waals surface area contributed by atoms with Gasteiger partial charge in [-0.2, -0.15) is 0 Å². The molecule has 4 N–H and O–H groups in total. The third-order valence-electron chi connectivity index (χ3n) is 32.7. The molecule has 2 amide bonds. The number of nitrogens with one attached hydrogen (secondary N) is 2. The molecular weight excluding hydrogens is 1880 g/mol. The minimum Gasteiger partial charge on any atom is -0.494 e. The Balaban J connectivity index is 0.000000987. The maximum atomic E-state index is 13.6. The normalized spacial score (nSPS) is 13.0. The lowest BCUT2D eigenvalue weighted by Crippen LogP contribution is -2.47. The summed E-state index contributed by atoms with van der Waals surface area (Å²) >= 11 is 0. The van der Waals surface area contributed by atoms with Crippen LogP contribution in [0.3, 0.4) is 0 Å². The van der Waals surface area contributed by atoms with Gasteiger partial charge in [-0.05, 0) is 227 Å². The zero-order chi connectivity index (χ0) is 109. The van der Waals surface area contributed by atoms with Crippen LogP contribution in [0, 0.1) is 17.8 Å². The van der Waals surface area contributed by atoms with Gasteiger partial charge in [-0.15, -0.1) is 0 Å². The van der Waals surface area contributed by atoms with Crippen LogP contribution in [-0.2, 0) is 48.0 Å². The Morgan fingerprint density at radius 1 is 0.238 bits per heavy atom. The first-order valence-corrected chi connectivity index (χ1v) is 68.8. The van der Waals surface area contributed by atoms with Crippen molar-refractivity contribution in [2.24, 2.45) is 23.5 Å². The molecule has 2 atom stereocenters. The summed E-state index contributed by atoms with van der Waals surface area (Å²) in [5.74, 6) is 3.79. The number of ketones is 2. The van der Waals surface area contributed by atoms with Gasteiger partial charge in [-0.1, -0.05) is 437 Å². The summed E-state index contributed by atoms with van der Waals surface area (Å²) < 4.78 is 51.8. The second-order valence-corrected chi connectivity index (χ2v) is 70.8. The number of amides is 2. The molecule has 0 unspecified atom stereocenters. The van der Waals surface area contributed by atoms with Crippen LogP contribution in [0.2, 0.25) is 66.5 Å². The van der Waals surface area contributed by atoms with Crippen LogP contribution in [0.15, 0.2) is 97.1 Å². The largest absolute Gasteiger partial charge is 0.494 e. The SMILES string of the molecule is C.CC(C)C[C@H](C)C(=O)CCC(=O)NC(C)(c1ccc(OCCCCCCCCCCCO[Si](C(C)C)(C(C)C)C(C)C)cc1)c1ccc(OCCCCCCCCCCCO[Si](C(C)C)(C(C)C)C(C)C)cc1.CC(C)C[C@H](N)C(=O)CCC(=O)NC(C)(c1ccc(OCCCCCCCCCCCO[Si](C(C)C)(C(C)C)C(C)C)cc1)c1ccc(OCCCCCCCCCCCO[Si](C(C)C)(C(C)C)C(C)C)cc1. The molecule has 0 heterocycles. The van der Waals surface area contributed by atoms with Crippen molar-refractivity contribution in [1.29, 1.82) is 0 Å². The third-order valence-corrected chi connectivity index (χ3v) is 57.2. The van der Waals surface area contributed by atoms with Crippen molar-refractivity contribution in [1.82, 2.24) is 10.6 Å². The van der Waals surface area contributed by atoms with Crippen LogP contribution in [0.1, 0.15) is 514 Å². The number of nitrogens with two attached hydrogens (primary N) is 1. The molecular formula is C128H233N3O12Si4. The number of carbonyl (C=O) groups is 4. The van der Waals surface area contributed by atoms with Crippen LogP contribution in [0.4, 0.5) is 0 Å². The highest BCUT2D eigenvalue weighted by molar-refractivity contribution is 6.79. The van der Waals surface area contributed by atoms with E-state index in [1.54, 1.807) is 0 Å². The van der Waals surface area contributed by atoms with Gasteiger partial charge in [0.1, 0.15) is 34.6 Å². The highest BCUT2D eigenvalue weighted by Crippen LogP contribution is 2.47. The van der Waals surface area contributed by atoms with Crippen LogP contribution in [-0.4, -0.2) is 116 Å². The van der Waals surface area contributed by atoms with Crippen LogP contribution >= 0.6 is 0 Å². The number of ether oxygens (including phenoxy) is 4. The van der Waals surface area contributed by atoms with Crippen molar-refractivity contribution >= 4 is 56.7 Å². The van der Waals surface area contributed by atoms with Gasteiger partial charge in [0.05, 0.1) is 43.5 Å². The molecule has 848 valence electrons. The van der Waals surface area contributed by atoms with E-state index >= 15 is 0 Å². The zero-order valence-corrected chi connectivity index (χ0v) is 104. The Bertz CT molecular complexity index is 3450. The van der Waals surface area contributed by atoms with E-state index < -0.39 is 50.4 Å². The van der Waals surface area contributed by atoms with Gasteiger partial charge in [-0.3, -0.25) is 19.2 Å². The molecule has 0 saturated heterocycles. The molecule has 0 aliphatic heterocycles.